The lowest BCUT2D eigenvalue weighted by Crippen LogP contribution is -2.18. The van der Waals surface area contributed by atoms with Crippen molar-refractivity contribution >= 4 is 11.4 Å². The van der Waals surface area contributed by atoms with Gasteiger partial charge in [0.25, 0.3) is 0 Å². The van der Waals surface area contributed by atoms with E-state index in [9.17, 15) is 4.79 Å². The Kier molecular flexibility index (Phi) is 2.06. The summed E-state index contributed by atoms with van der Waals surface area (Å²) >= 11 is 0. The van der Waals surface area contributed by atoms with Gasteiger partial charge in [-0.1, -0.05) is 19.9 Å². The molecule has 0 amide bonds. The SMILES string of the molecule is CC1(C)C=C(c2ccoc2)C(=O)CC1. The molecule has 14 heavy (non-hydrogen) atoms. The highest BCUT2D eigenvalue weighted by Crippen LogP contribution is 2.35. The van der Waals surface area contributed by atoms with E-state index in [0.29, 0.717) is 6.42 Å². The number of hydrogen-bond donors (Lipinski definition) is 0. The topological polar surface area (TPSA) is 30.2 Å². The van der Waals surface area contributed by atoms with E-state index in [1.165, 1.54) is 0 Å². The molecule has 0 aliphatic heterocycles. The minimum absolute atomic E-state index is 0.126. The Hall–Kier alpha value is -1.31. The molecule has 2 rings (SSSR count). The predicted octanol–water partition coefficient (Wildman–Crippen LogP) is 3.05. The highest BCUT2D eigenvalue weighted by atomic mass is 16.3. The van der Waals surface area contributed by atoms with Crippen molar-refractivity contribution in [3.8, 4) is 0 Å². The van der Waals surface area contributed by atoms with Gasteiger partial charge >= 0.3 is 0 Å². The smallest absolute Gasteiger partial charge is 0.163 e. The third kappa shape index (κ3) is 1.65. The molecule has 1 aromatic heterocycles. The molecule has 0 aromatic carbocycles. The molecule has 1 aromatic rings. The third-order valence-corrected chi connectivity index (χ3v) is 2.66. The Balaban J connectivity index is 2.42. The molecule has 0 spiro atoms. The molecule has 0 atom stereocenters. The van der Waals surface area contributed by atoms with Gasteiger partial charge in [0, 0.05) is 17.6 Å². The molecule has 0 radical (unpaired) electrons. The van der Waals surface area contributed by atoms with Crippen LogP contribution in [0.5, 0.6) is 0 Å². The largest absolute Gasteiger partial charge is 0.472 e. The van der Waals surface area contributed by atoms with Crippen molar-refractivity contribution in [1.29, 1.82) is 0 Å². The molecule has 1 aliphatic carbocycles. The second-order valence-corrected chi connectivity index (χ2v) is 4.48. The van der Waals surface area contributed by atoms with Crippen LogP contribution < -0.4 is 0 Å². The van der Waals surface area contributed by atoms with Crippen molar-refractivity contribution in [2.75, 3.05) is 0 Å². The molecule has 0 saturated carbocycles. The van der Waals surface area contributed by atoms with Crippen LogP contribution in [0.3, 0.4) is 0 Å². The van der Waals surface area contributed by atoms with E-state index in [4.69, 9.17) is 4.42 Å². The monoisotopic (exact) mass is 190 g/mol. The van der Waals surface area contributed by atoms with Crippen LogP contribution in [0.1, 0.15) is 32.3 Å². The standard InChI is InChI=1S/C12H14O2/c1-12(2)5-3-11(13)10(7-12)9-4-6-14-8-9/h4,6-8H,3,5H2,1-2H3. The molecule has 0 saturated heterocycles. The fraction of sp³-hybridized carbons (Fsp3) is 0.417. The quantitative estimate of drug-likeness (QED) is 0.681. The van der Waals surface area contributed by atoms with Crippen LogP contribution in [0.2, 0.25) is 0 Å². The summed E-state index contributed by atoms with van der Waals surface area (Å²) < 4.78 is 4.99. The zero-order chi connectivity index (χ0) is 10.2. The number of ketones is 1. The Morgan fingerprint density at radius 1 is 1.43 bits per heavy atom. The van der Waals surface area contributed by atoms with Crippen molar-refractivity contribution in [2.24, 2.45) is 5.41 Å². The number of Topliss-reactive ketones (excluding diaryl/α,β-unsaturated/α-hetero) is 1. The van der Waals surface area contributed by atoms with Crippen molar-refractivity contribution < 1.29 is 9.21 Å². The lowest BCUT2D eigenvalue weighted by Gasteiger charge is -2.26. The zero-order valence-electron chi connectivity index (χ0n) is 8.54. The summed E-state index contributed by atoms with van der Waals surface area (Å²) in [5.41, 5.74) is 1.85. The molecule has 0 unspecified atom stereocenters. The first kappa shape index (κ1) is 9.25. The average Bonchev–Trinajstić information content (AvgIpc) is 2.62. The number of hydrogen-bond acceptors (Lipinski definition) is 2. The average molecular weight is 190 g/mol. The maximum atomic E-state index is 11.7. The molecule has 1 heterocycles. The predicted molar refractivity (Wildman–Crippen MR) is 54.7 cm³/mol. The Morgan fingerprint density at radius 3 is 2.86 bits per heavy atom. The second kappa shape index (κ2) is 3.12. The normalized spacial score (nSPS) is 20.7. The minimum Gasteiger partial charge on any atom is -0.472 e. The van der Waals surface area contributed by atoms with Crippen molar-refractivity contribution in [3.63, 3.8) is 0 Å². The molecule has 0 bridgehead atoms. The number of carbonyl (C=O) groups excluding carboxylic acids is 1. The summed E-state index contributed by atoms with van der Waals surface area (Å²) in [6.45, 7) is 4.30. The van der Waals surface area contributed by atoms with Crippen molar-refractivity contribution in [1.82, 2.24) is 0 Å². The number of rotatable bonds is 1. The van der Waals surface area contributed by atoms with Crippen molar-refractivity contribution in [2.45, 2.75) is 26.7 Å². The van der Waals surface area contributed by atoms with Crippen LogP contribution in [0, 0.1) is 5.41 Å². The minimum atomic E-state index is 0.126. The molecule has 0 N–H and O–H groups in total. The summed E-state index contributed by atoms with van der Waals surface area (Å²) in [6, 6.07) is 1.84. The number of carbonyl (C=O) groups is 1. The first-order valence-electron chi connectivity index (χ1n) is 4.87. The fourth-order valence-electron chi connectivity index (χ4n) is 1.78. The van der Waals surface area contributed by atoms with E-state index in [1.807, 2.05) is 6.07 Å². The van der Waals surface area contributed by atoms with Gasteiger partial charge in [-0.2, -0.15) is 0 Å². The summed E-state index contributed by atoms with van der Waals surface area (Å²) in [5, 5.41) is 0. The Labute approximate surface area is 83.6 Å². The highest BCUT2D eigenvalue weighted by Gasteiger charge is 2.26. The molecular formula is C12H14O2. The van der Waals surface area contributed by atoms with Crippen LogP contribution in [0.25, 0.3) is 5.57 Å². The fourth-order valence-corrected chi connectivity index (χ4v) is 1.78. The van der Waals surface area contributed by atoms with Gasteiger partial charge in [-0.3, -0.25) is 4.79 Å². The summed E-state index contributed by atoms with van der Waals surface area (Å²) in [6.07, 6.45) is 6.87. The molecule has 0 fully saturated rings. The van der Waals surface area contributed by atoms with Gasteiger partial charge in [0.05, 0.1) is 12.5 Å². The van der Waals surface area contributed by atoms with Gasteiger partial charge in [-0.15, -0.1) is 0 Å². The molecule has 1 aliphatic rings. The van der Waals surface area contributed by atoms with E-state index in [2.05, 4.69) is 19.9 Å². The van der Waals surface area contributed by atoms with Gasteiger partial charge in [0.2, 0.25) is 0 Å². The van der Waals surface area contributed by atoms with E-state index < -0.39 is 0 Å². The van der Waals surface area contributed by atoms with Crippen LogP contribution in [0.15, 0.2) is 29.1 Å². The van der Waals surface area contributed by atoms with Gasteiger partial charge in [-0.25, -0.2) is 0 Å². The number of allylic oxidation sites excluding steroid dienone is 2. The molecule has 74 valence electrons. The summed E-state index contributed by atoms with van der Waals surface area (Å²) in [7, 11) is 0. The van der Waals surface area contributed by atoms with Gasteiger partial charge in [-0.05, 0) is 17.9 Å². The third-order valence-electron chi connectivity index (χ3n) is 2.66. The summed E-state index contributed by atoms with van der Waals surface area (Å²) in [4.78, 5) is 11.7. The molecule has 2 heteroatoms. The Morgan fingerprint density at radius 2 is 2.21 bits per heavy atom. The molecular weight excluding hydrogens is 176 g/mol. The molecule has 2 nitrogen and oxygen atoms in total. The van der Waals surface area contributed by atoms with Crippen LogP contribution >= 0.6 is 0 Å². The highest BCUT2D eigenvalue weighted by molar-refractivity contribution is 6.21. The maximum absolute atomic E-state index is 11.7. The zero-order valence-corrected chi connectivity index (χ0v) is 8.54. The van der Waals surface area contributed by atoms with Gasteiger partial charge in [0.15, 0.2) is 5.78 Å². The number of furan rings is 1. The van der Waals surface area contributed by atoms with Gasteiger partial charge < -0.3 is 4.42 Å². The van der Waals surface area contributed by atoms with E-state index in [0.717, 1.165) is 17.6 Å². The lowest BCUT2D eigenvalue weighted by atomic mass is 9.78. The van der Waals surface area contributed by atoms with Crippen LogP contribution in [-0.4, -0.2) is 5.78 Å². The second-order valence-electron chi connectivity index (χ2n) is 4.48. The summed E-state index contributed by atoms with van der Waals surface area (Å²) in [5.74, 6) is 0.228. The Bertz CT molecular complexity index is 369. The van der Waals surface area contributed by atoms with Crippen LogP contribution in [-0.2, 0) is 4.79 Å². The van der Waals surface area contributed by atoms with E-state index >= 15 is 0 Å². The first-order valence-corrected chi connectivity index (χ1v) is 4.87. The van der Waals surface area contributed by atoms with E-state index in [1.54, 1.807) is 12.5 Å². The maximum Gasteiger partial charge on any atom is 0.163 e. The van der Waals surface area contributed by atoms with Crippen LogP contribution in [0.4, 0.5) is 0 Å². The van der Waals surface area contributed by atoms with Crippen molar-refractivity contribution in [3.05, 3.63) is 30.2 Å². The lowest BCUT2D eigenvalue weighted by molar-refractivity contribution is -0.114. The van der Waals surface area contributed by atoms with E-state index in [-0.39, 0.29) is 11.2 Å². The first-order chi connectivity index (χ1) is 6.58. The van der Waals surface area contributed by atoms with Gasteiger partial charge in [0.1, 0.15) is 0 Å².